The van der Waals surface area contributed by atoms with Crippen molar-refractivity contribution in [2.24, 2.45) is 0 Å². The van der Waals surface area contributed by atoms with E-state index in [1.165, 1.54) is 0 Å². The fraction of sp³-hybridized carbons (Fsp3) is 0.350. The number of hydrogen-bond acceptors (Lipinski definition) is 5. The first-order valence-electron chi connectivity index (χ1n) is 9.16. The average Bonchev–Trinajstić information content (AvgIpc) is 2.72. The van der Waals surface area contributed by atoms with Gasteiger partial charge in [-0.2, -0.15) is 0 Å². The molecule has 1 aromatic heterocycles. The van der Waals surface area contributed by atoms with Crippen LogP contribution in [-0.4, -0.2) is 49.6 Å². The number of anilines is 2. The molecule has 2 heterocycles. The van der Waals surface area contributed by atoms with Gasteiger partial charge in [0.2, 0.25) is 0 Å². The summed E-state index contributed by atoms with van der Waals surface area (Å²) in [5.74, 6) is 0.245. The van der Waals surface area contributed by atoms with Crippen LogP contribution in [0.25, 0.3) is 0 Å². The largest absolute Gasteiger partial charge is 0.378 e. The molecule has 0 spiro atoms. The molecule has 0 unspecified atom stereocenters. The van der Waals surface area contributed by atoms with E-state index in [2.05, 4.69) is 15.6 Å². The minimum absolute atomic E-state index is 0.150. The third-order valence-corrected chi connectivity index (χ3v) is 4.26. The van der Waals surface area contributed by atoms with Gasteiger partial charge in [0.15, 0.2) is 0 Å². The zero-order valence-electron chi connectivity index (χ0n) is 15.4. The lowest BCUT2D eigenvalue weighted by Crippen LogP contribution is -2.38. The molecule has 3 rings (SSSR count). The van der Waals surface area contributed by atoms with Crippen molar-refractivity contribution in [2.45, 2.75) is 13.3 Å². The Kier molecular flexibility index (Phi) is 6.38. The summed E-state index contributed by atoms with van der Waals surface area (Å²) in [6, 6.07) is 10.4. The summed E-state index contributed by atoms with van der Waals surface area (Å²) in [6.45, 7) is 5.25. The van der Waals surface area contributed by atoms with Gasteiger partial charge in [0, 0.05) is 37.1 Å². The number of nitrogens with zero attached hydrogens (tertiary/aromatic N) is 2. The van der Waals surface area contributed by atoms with Crippen LogP contribution in [0.4, 0.5) is 11.5 Å². The molecule has 1 saturated heterocycles. The average molecular weight is 368 g/mol. The highest BCUT2D eigenvalue weighted by molar-refractivity contribution is 6.08. The molecule has 27 heavy (non-hydrogen) atoms. The van der Waals surface area contributed by atoms with Crippen LogP contribution in [0.2, 0.25) is 0 Å². The van der Waals surface area contributed by atoms with E-state index in [-0.39, 0.29) is 11.8 Å². The number of rotatable bonds is 6. The minimum atomic E-state index is -0.254. The van der Waals surface area contributed by atoms with Gasteiger partial charge in [-0.25, -0.2) is 4.98 Å². The van der Waals surface area contributed by atoms with Crippen molar-refractivity contribution in [2.75, 3.05) is 43.1 Å². The van der Waals surface area contributed by atoms with Gasteiger partial charge in [0.05, 0.1) is 18.8 Å². The Morgan fingerprint density at radius 3 is 2.74 bits per heavy atom. The first-order valence-corrected chi connectivity index (χ1v) is 9.16. The van der Waals surface area contributed by atoms with E-state index >= 15 is 0 Å². The van der Waals surface area contributed by atoms with Gasteiger partial charge in [0.1, 0.15) is 5.82 Å². The summed E-state index contributed by atoms with van der Waals surface area (Å²) in [5.41, 5.74) is 1.59. The van der Waals surface area contributed by atoms with Crippen molar-refractivity contribution in [3.05, 3.63) is 53.7 Å². The van der Waals surface area contributed by atoms with E-state index in [1.54, 1.807) is 42.6 Å². The Hall–Kier alpha value is -2.93. The Bertz CT molecular complexity index is 803. The summed E-state index contributed by atoms with van der Waals surface area (Å²) in [4.78, 5) is 31.4. The van der Waals surface area contributed by atoms with Gasteiger partial charge in [-0.1, -0.05) is 13.0 Å². The first-order chi connectivity index (χ1) is 13.2. The molecule has 2 N–H and O–H groups in total. The number of morpholine rings is 1. The number of carbonyl (C=O) groups excluding carboxylic acids is 2. The van der Waals surface area contributed by atoms with E-state index in [9.17, 15) is 9.59 Å². The summed E-state index contributed by atoms with van der Waals surface area (Å²) >= 11 is 0. The van der Waals surface area contributed by atoms with Crippen LogP contribution in [0, 0.1) is 0 Å². The van der Waals surface area contributed by atoms with E-state index in [0.717, 1.165) is 6.42 Å². The van der Waals surface area contributed by atoms with Gasteiger partial charge in [-0.15, -0.1) is 0 Å². The van der Waals surface area contributed by atoms with Crippen molar-refractivity contribution in [3.8, 4) is 0 Å². The molecule has 0 radical (unpaired) electrons. The number of carbonyl (C=O) groups is 2. The number of benzene rings is 1. The third kappa shape index (κ3) is 4.83. The van der Waals surface area contributed by atoms with Crippen LogP contribution in [0.1, 0.15) is 34.1 Å². The second-order valence-electron chi connectivity index (χ2n) is 6.26. The number of pyridine rings is 1. The highest BCUT2D eigenvalue weighted by Crippen LogP contribution is 2.20. The van der Waals surface area contributed by atoms with Crippen molar-refractivity contribution < 1.29 is 14.3 Å². The number of ether oxygens (including phenoxy) is 1. The molecule has 2 amide bonds. The zero-order valence-corrected chi connectivity index (χ0v) is 15.4. The Labute approximate surface area is 158 Å². The normalized spacial score (nSPS) is 13.9. The summed E-state index contributed by atoms with van der Waals surface area (Å²) in [7, 11) is 0. The van der Waals surface area contributed by atoms with E-state index in [1.807, 2.05) is 11.8 Å². The summed E-state index contributed by atoms with van der Waals surface area (Å²) in [6.07, 6.45) is 2.55. The maximum absolute atomic E-state index is 12.8. The molecule has 1 aromatic carbocycles. The van der Waals surface area contributed by atoms with Crippen molar-refractivity contribution in [3.63, 3.8) is 0 Å². The fourth-order valence-electron chi connectivity index (χ4n) is 2.88. The maximum atomic E-state index is 12.8. The van der Waals surface area contributed by atoms with E-state index < -0.39 is 0 Å². The number of amides is 2. The first kappa shape index (κ1) is 18.8. The van der Waals surface area contributed by atoms with Crippen LogP contribution in [0.5, 0.6) is 0 Å². The quantitative estimate of drug-likeness (QED) is 0.817. The van der Waals surface area contributed by atoms with Gasteiger partial charge in [-0.3, -0.25) is 9.59 Å². The monoisotopic (exact) mass is 368 g/mol. The lowest BCUT2D eigenvalue weighted by atomic mass is 10.1. The van der Waals surface area contributed by atoms with E-state index in [4.69, 9.17) is 4.74 Å². The third-order valence-electron chi connectivity index (χ3n) is 4.26. The molecule has 1 aliphatic heterocycles. The number of nitrogens with one attached hydrogen (secondary N) is 2. The summed E-state index contributed by atoms with van der Waals surface area (Å²) in [5, 5.41) is 5.71. The molecule has 0 saturated carbocycles. The molecule has 1 aliphatic rings. The van der Waals surface area contributed by atoms with Crippen LogP contribution < -0.4 is 15.5 Å². The highest BCUT2D eigenvalue weighted by atomic mass is 16.5. The molecule has 0 atom stereocenters. The molecule has 2 aromatic rings. The predicted octanol–water partition coefficient (Wildman–Crippen LogP) is 2.31. The fourth-order valence-corrected chi connectivity index (χ4v) is 2.88. The smallest absolute Gasteiger partial charge is 0.259 e. The lowest BCUT2D eigenvalue weighted by Gasteiger charge is -2.29. The maximum Gasteiger partial charge on any atom is 0.259 e. The van der Waals surface area contributed by atoms with Crippen molar-refractivity contribution >= 4 is 23.3 Å². The van der Waals surface area contributed by atoms with Crippen LogP contribution in [0.3, 0.4) is 0 Å². The molecule has 7 nitrogen and oxygen atoms in total. The Balaban J connectivity index is 1.75. The second kappa shape index (κ2) is 9.14. The van der Waals surface area contributed by atoms with Crippen LogP contribution in [0.15, 0.2) is 42.6 Å². The van der Waals surface area contributed by atoms with Gasteiger partial charge in [-0.05, 0) is 36.8 Å². The lowest BCUT2D eigenvalue weighted by molar-refractivity contribution is 0.0952. The Morgan fingerprint density at radius 2 is 1.96 bits per heavy atom. The van der Waals surface area contributed by atoms with Gasteiger partial charge >= 0.3 is 0 Å². The molecule has 142 valence electrons. The van der Waals surface area contributed by atoms with Crippen LogP contribution >= 0.6 is 0 Å². The van der Waals surface area contributed by atoms with Gasteiger partial charge < -0.3 is 20.3 Å². The molecular formula is C20H24N4O3. The van der Waals surface area contributed by atoms with Crippen molar-refractivity contribution in [1.82, 2.24) is 10.3 Å². The van der Waals surface area contributed by atoms with E-state index in [0.29, 0.717) is 55.5 Å². The predicted molar refractivity (Wildman–Crippen MR) is 104 cm³/mol. The Morgan fingerprint density at radius 1 is 1.15 bits per heavy atom. The zero-order chi connectivity index (χ0) is 19.1. The topological polar surface area (TPSA) is 83.6 Å². The van der Waals surface area contributed by atoms with Gasteiger partial charge in [0.25, 0.3) is 11.8 Å². The standard InChI is InChI=1S/C20H24N4O3/c1-2-8-22-19(25)15-5-3-6-16(14-15)23-20(26)17-7-4-9-21-18(17)24-10-12-27-13-11-24/h3-7,9,14H,2,8,10-13H2,1H3,(H,22,25)(H,23,26). The number of hydrogen-bond donors (Lipinski definition) is 2. The summed E-state index contributed by atoms with van der Waals surface area (Å²) < 4.78 is 5.37. The number of aromatic nitrogens is 1. The molecule has 7 heteroatoms. The molecule has 1 fully saturated rings. The minimum Gasteiger partial charge on any atom is -0.378 e. The van der Waals surface area contributed by atoms with Crippen LogP contribution in [-0.2, 0) is 4.74 Å². The molecular weight excluding hydrogens is 344 g/mol. The molecule has 0 bridgehead atoms. The SMILES string of the molecule is CCCNC(=O)c1cccc(NC(=O)c2cccnc2N2CCOCC2)c1. The molecule has 0 aliphatic carbocycles. The second-order valence-corrected chi connectivity index (χ2v) is 6.26. The van der Waals surface area contributed by atoms with Crippen molar-refractivity contribution in [1.29, 1.82) is 0 Å². The highest BCUT2D eigenvalue weighted by Gasteiger charge is 2.20.